The zero-order valence-corrected chi connectivity index (χ0v) is 14.4. The van der Waals surface area contributed by atoms with E-state index >= 15 is 0 Å². The van der Waals surface area contributed by atoms with Gasteiger partial charge in [0, 0.05) is 25.5 Å². The highest BCUT2D eigenvalue weighted by atomic mass is 16.7. The molecule has 8 heteroatoms. The van der Waals surface area contributed by atoms with Crippen molar-refractivity contribution in [3.05, 3.63) is 71.9 Å². The Morgan fingerprint density at radius 3 is 2.74 bits per heavy atom. The molecule has 3 aromatic rings. The van der Waals surface area contributed by atoms with Gasteiger partial charge in [0.2, 0.25) is 6.79 Å². The fourth-order valence-corrected chi connectivity index (χ4v) is 2.56. The van der Waals surface area contributed by atoms with Crippen molar-refractivity contribution in [3.63, 3.8) is 0 Å². The molecule has 0 unspecified atom stereocenters. The third-order valence-corrected chi connectivity index (χ3v) is 3.97. The zero-order valence-electron chi connectivity index (χ0n) is 14.4. The maximum absolute atomic E-state index is 12.2. The van der Waals surface area contributed by atoms with Gasteiger partial charge in [0.25, 0.3) is 5.91 Å². The molecule has 0 spiro atoms. The summed E-state index contributed by atoms with van der Waals surface area (Å²) in [6.07, 6.45) is 6.48. The van der Waals surface area contributed by atoms with Crippen molar-refractivity contribution in [3.8, 4) is 11.5 Å². The van der Waals surface area contributed by atoms with Gasteiger partial charge in [0.1, 0.15) is 11.5 Å². The number of amides is 1. The van der Waals surface area contributed by atoms with Crippen molar-refractivity contribution in [2.45, 2.75) is 13.1 Å². The molecular weight excluding hydrogens is 346 g/mol. The summed E-state index contributed by atoms with van der Waals surface area (Å²) < 4.78 is 10.6. The maximum atomic E-state index is 12.2. The fraction of sp³-hybridized carbons (Fsp3) is 0.158. The summed E-state index contributed by atoms with van der Waals surface area (Å²) in [7, 11) is 0. The Kier molecular flexibility index (Phi) is 4.78. The van der Waals surface area contributed by atoms with Crippen LogP contribution in [0.15, 0.2) is 55.1 Å². The highest BCUT2D eigenvalue weighted by molar-refractivity contribution is 5.91. The molecule has 8 nitrogen and oxygen atoms in total. The first-order valence-corrected chi connectivity index (χ1v) is 8.39. The van der Waals surface area contributed by atoms with Crippen molar-refractivity contribution >= 4 is 11.7 Å². The van der Waals surface area contributed by atoms with Gasteiger partial charge in [-0.1, -0.05) is 12.1 Å². The smallest absolute Gasteiger partial charge is 0.271 e. The average Bonchev–Trinajstić information content (AvgIpc) is 3.19. The van der Waals surface area contributed by atoms with Gasteiger partial charge in [0.15, 0.2) is 11.5 Å². The molecule has 0 saturated carbocycles. The Labute approximate surface area is 155 Å². The second kappa shape index (κ2) is 7.69. The van der Waals surface area contributed by atoms with Crippen LogP contribution in [0.4, 0.5) is 5.82 Å². The van der Waals surface area contributed by atoms with Gasteiger partial charge in [-0.05, 0) is 29.3 Å². The summed E-state index contributed by atoms with van der Waals surface area (Å²) in [6.45, 7) is 1.16. The lowest BCUT2D eigenvalue weighted by atomic mass is 10.2. The molecule has 1 aromatic carbocycles. The van der Waals surface area contributed by atoms with Crippen LogP contribution < -0.4 is 20.1 Å². The van der Waals surface area contributed by atoms with Crippen molar-refractivity contribution in [1.29, 1.82) is 0 Å². The molecule has 4 rings (SSSR count). The third-order valence-electron chi connectivity index (χ3n) is 3.97. The maximum Gasteiger partial charge on any atom is 0.271 e. The SMILES string of the molecule is O=C(NCc1ccc2c(c1)OCO2)c1cnc(NCc2cccnc2)cn1. The van der Waals surface area contributed by atoms with Gasteiger partial charge in [-0.15, -0.1) is 0 Å². The van der Waals surface area contributed by atoms with Gasteiger partial charge in [-0.3, -0.25) is 9.78 Å². The molecule has 2 aromatic heterocycles. The first-order chi connectivity index (χ1) is 13.3. The number of ether oxygens (including phenoxy) is 2. The number of nitrogens with one attached hydrogen (secondary N) is 2. The Morgan fingerprint density at radius 2 is 1.93 bits per heavy atom. The normalized spacial score (nSPS) is 11.9. The van der Waals surface area contributed by atoms with E-state index in [9.17, 15) is 4.79 Å². The summed E-state index contributed by atoms with van der Waals surface area (Å²) in [5.74, 6) is 1.70. The number of carbonyl (C=O) groups is 1. The van der Waals surface area contributed by atoms with Crippen LogP contribution in [0.5, 0.6) is 11.5 Å². The molecule has 0 radical (unpaired) electrons. The summed E-state index contributed by atoms with van der Waals surface area (Å²) >= 11 is 0. The first kappa shape index (κ1) is 16.8. The minimum absolute atomic E-state index is 0.224. The number of aromatic nitrogens is 3. The summed E-state index contributed by atoms with van der Waals surface area (Å²) in [5, 5.41) is 5.95. The van der Waals surface area contributed by atoms with E-state index in [0.29, 0.717) is 30.4 Å². The van der Waals surface area contributed by atoms with Crippen LogP contribution in [-0.2, 0) is 13.1 Å². The van der Waals surface area contributed by atoms with Crippen LogP contribution in [0.3, 0.4) is 0 Å². The highest BCUT2D eigenvalue weighted by Crippen LogP contribution is 2.32. The number of pyridine rings is 1. The van der Waals surface area contributed by atoms with Gasteiger partial charge < -0.3 is 20.1 Å². The molecule has 0 saturated heterocycles. The average molecular weight is 363 g/mol. The molecule has 27 heavy (non-hydrogen) atoms. The van der Waals surface area contributed by atoms with Crippen LogP contribution in [0.2, 0.25) is 0 Å². The third kappa shape index (κ3) is 4.12. The first-order valence-electron chi connectivity index (χ1n) is 8.39. The zero-order chi connectivity index (χ0) is 18.5. The molecule has 0 fully saturated rings. The molecule has 1 amide bonds. The minimum atomic E-state index is -0.293. The Bertz CT molecular complexity index is 932. The summed E-state index contributed by atoms with van der Waals surface area (Å²) in [5.41, 5.74) is 2.20. The quantitative estimate of drug-likeness (QED) is 0.692. The molecular formula is C19H17N5O3. The Morgan fingerprint density at radius 1 is 1.00 bits per heavy atom. The topological polar surface area (TPSA) is 98.3 Å². The molecule has 0 bridgehead atoms. The monoisotopic (exact) mass is 363 g/mol. The lowest BCUT2D eigenvalue weighted by molar-refractivity contribution is 0.0945. The van der Waals surface area contributed by atoms with E-state index in [0.717, 1.165) is 11.1 Å². The van der Waals surface area contributed by atoms with Gasteiger partial charge in [0.05, 0.1) is 12.4 Å². The minimum Gasteiger partial charge on any atom is -0.454 e. The number of fused-ring (bicyclic) bond motifs is 1. The van der Waals surface area contributed by atoms with E-state index in [4.69, 9.17) is 9.47 Å². The van der Waals surface area contributed by atoms with Crippen LogP contribution in [0, 0.1) is 0 Å². The number of hydrogen-bond acceptors (Lipinski definition) is 7. The largest absolute Gasteiger partial charge is 0.454 e. The van der Waals surface area contributed by atoms with Crippen LogP contribution in [0.25, 0.3) is 0 Å². The molecule has 1 aliphatic heterocycles. The fourth-order valence-electron chi connectivity index (χ4n) is 2.56. The van der Waals surface area contributed by atoms with Gasteiger partial charge >= 0.3 is 0 Å². The number of hydrogen-bond donors (Lipinski definition) is 2. The molecule has 136 valence electrons. The Hall–Kier alpha value is -3.68. The number of anilines is 1. The van der Waals surface area contributed by atoms with E-state index in [-0.39, 0.29) is 18.4 Å². The van der Waals surface area contributed by atoms with Crippen molar-refractivity contribution in [1.82, 2.24) is 20.3 Å². The van der Waals surface area contributed by atoms with Crippen molar-refractivity contribution in [2.24, 2.45) is 0 Å². The van der Waals surface area contributed by atoms with E-state index in [1.165, 1.54) is 12.4 Å². The second-order valence-electron chi connectivity index (χ2n) is 5.87. The molecule has 1 aliphatic rings. The van der Waals surface area contributed by atoms with Crippen LogP contribution in [-0.4, -0.2) is 27.7 Å². The summed E-state index contributed by atoms with van der Waals surface area (Å²) in [6, 6.07) is 9.39. The molecule has 2 N–H and O–H groups in total. The number of benzene rings is 1. The predicted octanol–water partition coefficient (Wildman–Crippen LogP) is 2.14. The van der Waals surface area contributed by atoms with E-state index in [2.05, 4.69) is 25.6 Å². The van der Waals surface area contributed by atoms with Gasteiger partial charge in [-0.25, -0.2) is 9.97 Å². The second-order valence-corrected chi connectivity index (χ2v) is 5.87. The number of carbonyl (C=O) groups excluding carboxylic acids is 1. The van der Waals surface area contributed by atoms with E-state index < -0.39 is 0 Å². The van der Waals surface area contributed by atoms with Crippen LogP contribution >= 0.6 is 0 Å². The highest BCUT2D eigenvalue weighted by Gasteiger charge is 2.14. The standard InChI is InChI=1S/C19H17N5O3/c25-19(24-8-13-3-4-16-17(6-13)27-12-26-16)15-10-23-18(11-21-15)22-9-14-2-1-5-20-7-14/h1-7,10-11H,8-9,12H2,(H,22,23)(H,24,25). The molecule has 0 aliphatic carbocycles. The number of rotatable bonds is 6. The van der Waals surface area contributed by atoms with E-state index in [1.54, 1.807) is 12.4 Å². The van der Waals surface area contributed by atoms with Gasteiger partial charge in [-0.2, -0.15) is 0 Å². The van der Waals surface area contributed by atoms with E-state index in [1.807, 2.05) is 30.3 Å². The Balaban J connectivity index is 1.31. The lowest BCUT2D eigenvalue weighted by Gasteiger charge is -2.07. The molecule has 3 heterocycles. The van der Waals surface area contributed by atoms with Crippen molar-refractivity contribution < 1.29 is 14.3 Å². The van der Waals surface area contributed by atoms with Crippen molar-refractivity contribution in [2.75, 3.05) is 12.1 Å². The number of nitrogens with zero attached hydrogens (tertiary/aromatic N) is 3. The predicted molar refractivity (Wildman–Crippen MR) is 97.3 cm³/mol. The van der Waals surface area contributed by atoms with Crippen LogP contribution in [0.1, 0.15) is 21.6 Å². The lowest BCUT2D eigenvalue weighted by Crippen LogP contribution is -2.24. The molecule has 0 atom stereocenters. The summed E-state index contributed by atoms with van der Waals surface area (Å²) in [4.78, 5) is 24.7.